The van der Waals surface area contributed by atoms with Crippen molar-refractivity contribution in [1.29, 1.82) is 0 Å². The van der Waals surface area contributed by atoms with Gasteiger partial charge < -0.3 is 4.90 Å². The van der Waals surface area contributed by atoms with Crippen molar-refractivity contribution in [3.8, 4) is 0 Å². The minimum Gasteiger partial charge on any atom is -0.343 e. The lowest BCUT2D eigenvalue weighted by molar-refractivity contribution is -0.195. The maximum absolute atomic E-state index is 12.7. The van der Waals surface area contributed by atoms with Crippen molar-refractivity contribution in [1.82, 2.24) is 4.90 Å². The molecule has 100 valence electrons. The Hall–Kier alpha value is -0.810. The van der Waals surface area contributed by atoms with Gasteiger partial charge in [-0.15, -0.1) is 0 Å². The number of nitrogens with zero attached hydrogens (tertiary/aromatic N) is 1. The van der Waals surface area contributed by atoms with Crippen molar-refractivity contribution in [3.05, 3.63) is 0 Å². The number of carbonyl (C=O) groups is 1. The number of carbonyl (C=O) groups excluding carboxylic acids is 1. The minimum atomic E-state index is -4.34. The van der Waals surface area contributed by atoms with Gasteiger partial charge >= 0.3 is 6.18 Å². The van der Waals surface area contributed by atoms with Gasteiger partial charge in [-0.25, -0.2) is 0 Å². The summed E-state index contributed by atoms with van der Waals surface area (Å²) >= 11 is 0. The van der Waals surface area contributed by atoms with Gasteiger partial charge in [0.15, 0.2) is 0 Å². The van der Waals surface area contributed by atoms with Crippen molar-refractivity contribution in [2.24, 2.45) is 11.8 Å². The molecule has 1 fully saturated rings. The molecule has 1 amide bonds. The van der Waals surface area contributed by atoms with Crippen LogP contribution in [-0.2, 0) is 4.79 Å². The van der Waals surface area contributed by atoms with E-state index in [4.69, 9.17) is 0 Å². The van der Waals surface area contributed by atoms with E-state index in [0.29, 0.717) is 25.9 Å². The molecule has 0 aromatic rings. The zero-order valence-electron chi connectivity index (χ0n) is 9.76. The lowest BCUT2D eigenvalue weighted by atomic mass is 9.82. The highest BCUT2D eigenvalue weighted by Crippen LogP contribution is 2.39. The van der Waals surface area contributed by atoms with E-state index in [0.717, 1.165) is 0 Å². The smallest absolute Gasteiger partial charge is 0.343 e. The topological polar surface area (TPSA) is 20.3 Å². The molecule has 0 N–H and O–H groups in total. The van der Waals surface area contributed by atoms with Crippen molar-refractivity contribution in [2.75, 3.05) is 19.8 Å². The van der Waals surface area contributed by atoms with E-state index < -0.39 is 31.1 Å². The van der Waals surface area contributed by atoms with E-state index in [-0.39, 0.29) is 5.91 Å². The summed E-state index contributed by atoms with van der Waals surface area (Å²) in [7, 11) is 0. The van der Waals surface area contributed by atoms with Crippen LogP contribution < -0.4 is 0 Å². The van der Waals surface area contributed by atoms with Crippen LogP contribution in [0.4, 0.5) is 17.6 Å². The zero-order valence-corrected chi connectivity index (χ0v) is 9.76. The Kier molecular flexibility index (Phi) is 4.77. The number of alkyl halides is 4. The summed E-state index contributed by atoms with van der Waals surface area (Å²) < 4.78 is 50.3. The summed E-state index contributed by atoms with van der Waals surface area (Å²) in [4.78, 5) is 12.6. The van der Waals surface area contributed by atoms with Crippen LogP contribution in [-0.4, -0.2) is 36.7 Å². The molecule has 17 heavy (non-hydrogen) atoms. The first-order valence-corrected chi connectivity index (χ1v) is 5.74. The van der Waals surface area contributed by atoms with Gasteiger partial charge in [-0.3, -0.25) is 9.18 Å². The maximum atomic E-state index is 12.7. The maximum Gasteiger partial charge on any atom is 0.392 e. The number of piperidine rings is 1. The fourth-order valence-electron chi connectivity index (χ4n) is 2.40. The molecule has 0 aliphatic carbocycles. The molecule has 1 rings (SSSR count). The molecular formula is C11H17F4NO. The molecule has 0 bridgehead atoms. The van der Waals surface area contributed by atoms with Gasteiger partial charge in [0, 0.05) is 20.0 Å². The Morgan fingerprint density at radius 1 is 1.35 bits per heavy atom. The van der Waals surface area contributed by atoms with Gasteiger partial charge in [0.05, 0.1) is 12.6 Å². The summed E-state index contributed by atoms with van der Waals surface area (Å²) in [6.45, 7) is 1.15. The Bertz CT molecular complexity index is 259. The second-order valence-electron chi connectivity index (χ2n) is 4.47. The Labute approximate surface area is 98.0 Å². The summed E-state index contributed by atoms with van der Waals surface area (Å²) in [5.74, 6) is -2.24. The standard InChI is InChI=1S/C11H17F4NO/c1-8(17)16-6-3-9(4-7-16)10(2-5-12)11(13,14)15/h9-10H,2-7H2,1H3. The highest BCUT2D eigenvalue weighted by atomic mass is 19.4. The molecule has 0 aromatic carbocycles. The summed E-state index contributed by atoms with van der Waals surface area (Å²) in [6, 6.07) is 0. The van der Waals surface area contributed by atoms with Crippen molar-refractivity contribution >= 4 is 5.91 Å². The van der Waals surface area contributed by atoms with Crippen molar-refractivity contribution in [2.45, 2.75) is 32.4 Å². The SMILES string of the molecule is CC(=O)N1CCC(C(CCF)C(F)(F)F)CC1. The number of hydrogen-bond donors (Lipinski definition) is 0. The lowest BCUT2D eigenvalue weighted by Gasteiger charge is -2.36. The second kappa shape index (κ2) is 5.69. The molecule has 2 nitrogen and oxygen atoms in total. The normalized spacial score (nSPS) is 20.4. The van der Waals surface area contributed by atoms with Gasteiger partial charge in [-0.1, -0.05) is 0 Å². The first kappa shape index (κ1) is 14.3. The van der Waals surface area contributed by atoms with Crippen LogP contribution in [0.25, 0.3) is 0 Å². The van der Waals surface area contributed by atoms with E-state index in [1.165, 1.54) is 6.92 Å². The van der Waals surface area contributed by atoms with Gasteiger partial charge in [-0.2, -0.15) is 13.2 Å². The predicted octanol–water partition coefficient (Wildman–Crippen LogP) is 2.78. The molecule has 6 heteroatoms. The monoisotopic (exact) mass is 255 g/mol. The Balaban J connectivity index is 2.58. The predicted molar refractivity (Wildman–Crippen MR) is 55.1 cm³/mol. The van der Waals surface area contributed by atoms with E-state index in [1.807, 2.05) is 0 Å². The van der Waals surface area contributed by atoms with Crippen LogP contribution >= 0.6 is 0 Å². The van der Waals surface area contributed by atoms with E-state index in [9.17, 15) is 22.4 Å². The highest BCUT2D eigenvalue weighted by Gasteiger charge is 2.44. The van der Waals surface area contributed by atoms with Crippen LogP contribution in [0.2, 0.25) is 0 Å². The van der Waals surface area contributed by atoms with Crippen molar-refractivity contribution < 1.29 is 22.4 Å². The summed E-state index contributed by atoms with van der Waals surface area (Å²) in [5.41, 5.74) is 0. The number of amides is 1. The molecule has 1 atom stereocenters. The van der Waals surface area contributed by atoms with Crippen LogP contribution in [0.1, 0.15) is 26.2 Å². The Morgan fingerprint density at radius 2 is 1.88 bits per heavy atom. The van der Waals surface area contributed by atoms with E-state index in [1.54, 1.807) is 4.90 Å². The third kappa shape index (κ3) is 3.85. The molecule has 1 heterocycles. The molecular weight excluding hydrogens is 238 g/mol. The molecule has 0 spiro atoms. The average molecular weight is 255 g/mol. The van der Waals surface area contributed by atoms with Crippen molar-refractivity contribution in [3.63, 3.8) is 0 Å². The van der Waals surface area contributed by atoms with Gasteiger partial charge in [0.1, 0.15) is 0 Å². The fraction of sp³-hybridized carbons (Fsp3) is 0.909. The molecule has 1 aliphatic heterocycles. The number of likely N-dealkylation sites (tertiary alicyclic amines) is 1. The molecule has 0 saturated carbocycles. The van der Waals surface area contributed by atoms with Gasteiger partial charge in [-0.05, 0) is 25.2 Å². The number of hydrogen-bond acceptors (Lipinski definition) is 1. The van der Waals surface area contributed by atoms with Gasteiger partial charge in [0.25, 0.3) is 0 Å². The molecule has 1 unspecified atom stereocenters. The molecule has 1 saturated heterocycles. The highest BCUT2D eigenvalue weighted by molar-refractivity contribution is 5.73. The van der Waals surface area contributed by atoms with E-state index >= 15 is 0 Å². The van der Waals surface area contributed by atoms with Crippen LogP contribution in [0.3, 0.4) is 0 Å². The second-order valence-corrected chi connectivity index (χ2v) is 4.47. The Morgan fingerprint density at radius 3 is 2.24 bits per heavy atom. The van der Waals surface area contributed by atoms with E-state index in [2.05, 4.69) is 0 Å². The third-order valence-electron chi connectivity index (χ3n) is 3.39. The number of rotatable bonds is 3. The molecule has 0 aromatic heterocycles. The summed E-state index contributed by atoms with van der Waals surface area (Å²) in [5, 5.41) is 0. The number of halogens is 4. The van der Waals surface area contributed by atoms with Crippen LogP contribution in [0.15, 0.2) is 0 Å². The van der Waals surface area contributed by atoms with Gasteiger partial charge in [0.2, 0.25) is 5.91 Å². The quantitative estimate of drug-likeness (QED) is 0.710. The van der Waals surface area contributed by atoms with Crippen LogP contribution in [0.5, 0.6) is 0 Å². The molecule has 0 radical (unpaired) electrons. The summed E-state index contributed by atoms with van der Waals surface area (Å²) in [6.07, 6.45) is -4.18. The first-order chi connectivity index (χ1) is 7.86. The zero-order chi connectivity index (χ0) is 13.1. The first-order valence-electron chi connectivity index (χ1n) is 5.74. The third-order valence-corrected chi connectivity index (χ3v) is 3.39. The minimum absolute atomic E-state index is 0.113. The largest absolute Gasteiger partial charge is 0.392 e. The molecule has 1 aliphatic rings. The lowest BCUT2D eigenvalue weighted by Crippen LogP contribution is -2.42. The van der Waals surface area contributed by atoms with Crippen LogP contribution in [0, 0.1) is 11.8 Å². The average Bonchev–Trinajstić information content (AvgIpc) is 2.24. The fourth-order valence-corrected chi connectivity index (χ4v) is 2.40.